The van der Waals surface area contributed by atoms with Gasteiger partial charge in [0.15, 0.2) is 5.11 Å². The first-order chi connectivity index (χ1) is 11.4. The Balaban J connectivity index is 2.31. The van der Waals surface area contributed by atoms with Crippen molar-refractivity contribution in [3.8, 4) is 11.5 Å². The van der Waals surface area contributed by atoms with E-state index < -0.39 is 5.97 Å². The maximum absolute atomic E-state index is 11.8. The summed E-state index contributed by atoms with van der Waals surface area (Å²) in [5.41, 5.74) is 5.76. The molecule has 24 heavy (non-hydrogen) atoms. The lowest BCUT2D eigenvalue weighted by Gasteiger charge is -2.12. The number of hydrogen-bond acceptors (Lipinski definition) is 5. The Morgan fingerprint density at radius 3 is 2.83 bits per heavy atom. The van der Waals surface area contributed by atoms with Crippen molar-refractivity contribution in [1.82, 2.24) is 4.98 Å². The van der Waals surface area contributed by atoms with Crippen LogP contribution in [0, 0.1) is 0 Å². The number of carbonyl (C=O) groups excluding carboxylic acids is 1. The highest BCUT2D eigenvalue weighted by Crippen LogP contribution is 2.35. The lowest BCUT2D eigenvalue weighted by Crippen LogP contribution is -2.19. The van der Waals surface area contributed by atoms with Gasteiger partial charge in [0.25, 0.3) is 0 Å². The van der Waals surface area contributed by atoms with Crippen LogP contribution in [0.2, 0.25) is 5.02 Å². The number of pyridine rings is 1. The minimum Gasteiger partial charge on any atom is -0.462 e. The first-order valence-corrected chi connectivity index (χ1v) is 8.35. The number of nitrogens with one attached hydrogen (secondary N) is 1. The van der Waals surface area contributed by atoms with Gasteiger partial charge in [-0.2, -0.15) is 0 Å². The smallest absolute Gasteiger partial charge is 0.338 e. The summed E-state index contributed by atoms with van der Waals surface area (Å²) in [6.07, 6.45) is 1.53. The molecular weight excluding hydrogens is 418 g/mol. The average molecular weight is 431 g/mol. The van der Waals surface area contributed by atoms with Gasteiger partial charge in [-0.1, -0.05) is 11.6 Å². The lowest BCUT2D eigenvalue weighted by atomic mass is 10.2. The highest BCUT2D eigenvalue weighted by atomic mass is 79.9. The summed E-state index contributed by atoms with van der Waals surface area (Å²) in [7, 11) is 0. The molecule has 0 saturated heterocycles. The number of thiocarbonyl (C=S) groups is 1. The predicted molar refractivity (Wildman–Crippen MR) is 99.8 cm³/mol. The number of nitrogens with two attached hydrogens (primary N) is 1. The van der Waals surface area contributed by atoms with Crippen LogP contribution < -0.4 is 15.8 Å². The van der Waals surface area contributed by atoms with Gasteiger partial charge >= 0.3 is 5.97 Å². The van der Waals surface area contributed by atoms with Crippen molar-refractivity contribution in [3.63, 3.8) is 0 Å². The molecule has 0 spiro atoms. The zero-order chi connectivity index (χ0) is 17.7. The molecule has 6 nitrogen and oxygen atoms in total. The number of rotatable bonds is 5. The summed E-state index contributed by atoms with van der Waals surface area (Å²) in [5, 5.41) is 3.13. The van der Waals surface area contributed by atoms with E-state index >= 15 is 0 Å². The summed E-state index contributed by atoms with van der Waals surface area (Å²) in [6, 6.07) is 6.23. The van der Waals surface area contributed by atoms with E-state index in [1.54, 1.807) is 25.1 Å². The number of carbonyl (C=O) groups is 1. The third-order valence-electron chi connectivity index (χ3n) is 2.73. The molecular formula is C15H13BrClN3O3S. The first-order valence-electron chi connectivity index (χ1n) is 6.77. The van der Waals surface area contributed by atoms with Crippen molar-refractivity contribution < 1.29 is 14.3 Å². The largest absolute Gasteiger partial charge is 0.462 e. The normalized spacial score (nSPS) is 10.1. The molecule has 0 aliphatic rings. The van der Waals surface area contributed by atoms with E-state index in [0.717, 1.165) is 0 Å². The highest BCUT2D eigenvalue weighted by molar-refractivity contribution is 9.10. The molecule has 1 aromatic carbocycles. The van der Waals surface area contributed by atoms with Crippen LogP contribution in [-0.4, -0.2) is 22.7 Å². The van der Waals surface area contributed by atoms with Crippen molar-refractivity contribution in [3.05, 3.63) is 45.5 Å². The van der Waals surface area contributed by atoms with Gasteiger partial charge in [-0.3, -0.25) is 0 Å². The number of benzene rings is 1. The number of anilines is 1. The van der Waals surface area contributed by atoms with E-state index in [1.807, 2.05) is 0 Å². The van der Waals surface area contributed by atoms with Crippen molar-refractivity contribution in [2.75, 3.05) is 11.9 Å². The molecule has 9 heteroatoms. The van der Waals surface area contributed by atoms with Crippen LogP contribution in [0.1, 0.15) is 17.3 Å². The number of aromatic nitrogens is 1. The van der Waals surface area contributed by atoms with Gasteiger partial charge in [0.1, 0.15) is 17.3 Å². The molecule has 0 radical (unpaired) electrons. The molecule has 0 aliphatic carbocycles. The molecule has 0 bridgehead atoms. The molecule has 1 heterocycles. The standard InChI is InChI=1S/C15H13BrClN3O3S/c1-2-22-14(21)8-3-4-10(17)12(5-8)23-11-6-13(20-15(18)24)19-7-9(11)16/h3-7H,2H2,1H3,(H3,18,19,20,24). The Labute approximate surface area is 157 Å². The number of ether oxygens (including phenoxy) is 2. The van der Waals surface area contributed by atoms with Gasteiger partial charge in [-0.25, -0.2) is 9.78 Å². The van der Waals surface area contributed by atoms with Crippen molar-refractivity contribution in [2.24, 2.45) is 5.73 Å². The molecule has 0 unspecified atom stereocenters. The summed E-state index contributed by atoms with van der Waals surface area (Å²) in [4.78, 5) is 15.9. The molecule has 3 N–H and O–H groups in total. The van der Waals surface area contributed by atoms with Crippen LogP contribution >= 0.6 is 39.7 Å². The first kappa shape index (κ1) is 18.4. The minimum atomic E-state index is -0.455. The zero-order valence-electron chi connectivity index (χ0n) is 12.5. The fourth-order valence-electron chi connectivity index (χ4n) is 1.73. The van der Waals surface area contributed by atoms with Gasteiger partial charge in [0.05, 0.1) is 21.7 Å². The van der Waals surface area contributed by atoms with Gasteiger partial charge < -0.3 is 20.5 Å². The summed E-state index contributed by atoms with van der Waals surface area (Å²) in [5.74, 6) is 0.684. The van der Waals surface area contributed by atoms with Gasteiger partial charge in [-0.15, -0.1) is 0 Å². The van der Waals surface area contributed by atoms with Gasteiger partial charge in [0.2, 0.25) is 0 Å². The second kappa shape index (κ2) is 8.27. The zero-order valence-corrected chi connectivity index (χ0v) is 15.7. The molecule has 126 valence electrons. The highest BCUT2D eigenvalue weighted by Gasteiger charge is 2.13. The van der Waals surface area contributed by atoms with Crippen LogP contribution in [0.15, 0.2) is 34.9 Å². The Bertz CT molecular complexity index is 789. The van der Waals surface area contributed by atoms with E-state index in [9.17, 15) is 4.79 Å². The van der Waals surface area contributed by atoms with E-state index in [2.05, 4.69) is 26.2 Å². The monoisotopic (exact) mass is 429 g/mol. The number of esters is 1. The number of hydrogen-bond donors (Lipinski definition) is 2. The fourth-order valence-corrected chi connectivity index (χ4v) is 2.29. The van der Waals surface area contributed by atoms with E-state index in [1.165, 1.54) is 12.3 Å². The van der Waals surface area contributed by atoms with Crippen molar-refractivity contribution in [1.29, 1.82) is 0 Å². The van der Waals surface area contributed by atoms with E-state index in [-0.39, 0.29) is 11.7 Å². The predicted octanol–water partition coefficient (Wildman–Crippen LogP) is 4.12. The molecule has 1 aromatic heterocycles. The Kier molecular flexibility index (Phi) is 6.36. The van der Waals surface area contributed by atoms with Crippen LogP contribution in [0.25, 0.3) is 0 Å². The Hall–Kier alpha value is -1.90. The quantitative estimate of drug-likeness (QED) is 0.545. The molecule has 0 fully saturated rings. The number of halogens is 2. The second-order valence-corrected chi connectivity index (χ2v) is 6.16. The fraction of sp³-hybridized carbons (Fsp3) is 0.133. The number of nitrogens with zero attached hydrogens (tertiary/aromatic N) is 1. The molecule has 0 saturated carbocycles. The van der Waals surface area contributed by atoms with Crippen LogP contribution in [0.3, 0.4) is 0 Å². The van der Waals surface area contributed by atoms with Crippen LogP contribution in [-0.2, 0) is 4.74 Å². The topological polar surface area (TPSA) is 86.5 Å². The van der Waals surface area contributed by atoms with E-state index in [4.69, 9.17) is 39.0 Å². The molecule has 2 rings (SSSR count). The maximum Gasteiger partial charge on any atom is 0.338 e. The molecule has 0 amide bonds. The van der Waals surface area contributed by atoms with Crippen molar-refractivity contribution >= 4 is 56.6 Å². The maximum atomic E-state index is 11.8. The van der Waals surface area contributed by atoms with Gasteiger partial charge in [0, 0.05) is 12.3 Å². The summed E-state index contributed by atoms with van der Waals surface area (Å²) in [6.45, 7) is 2.01. The third-order valence-corrected chi connectivity index (χ3v) is 3.74. The van der Waals surface area contributed by atoms with Crippen LogP contribution in [0.5, 0.6) is 11.5 Å². The second-order valence-electron chi connectivity index (χ2n) is 4.46. The third kappa shape index (κ3) is 4.80. The Morgan fingerprint density at radius 2 is 2.17 bits per heavy atom. The Morgan fingerprint density at radius 1 is 1.42 bits per heavy atom. The molecule has 0 aliphatic heterocycles. The minimum absolute atomic E-state index is 0.0816. The average Bonchev–Trinajstić information content (AvgIpc) is 2.52. The molecule has 0 atom stereocenters. The van der Waals surface area contributed by atoms with E-state index in [0.29, 0.717) is 32.4 Å². The SMILES string of the molecule is CCOC(=O)c1ccc(Cl)c(Oc2cc(NC(N)=S)ncc2Br)c1. The lowest BCUT2D eigenvalue weighted by molar-refractivity contribution is 0.0526. The van der Waals surface area contributed by atoms with Gasteiger partial charge in [-0.05, 0) is 53.3 Å². The molecule has 2 aromatic rings. The van der Waals surface area contributed by atoms with Crippen molar-refractivity contribution in [2.45, 2.75) is 6.92 Å². The summed E-state index contributed by atoms with van der Waals surface area (Å²) < 4.78 is 11.3. The summed E-state index contributed by atoms with van der Waals surface area (Å²) >= 11 is 14.3. The van der Waals surface area contributed by atoms with Crippen LogP contribution in [0.4, 0.5) is 5.82 Å².